The predicted octanol–water partition coefficient (Wildman–Crippen LogP) is 3.75. The van der Waals surface area contributed by atoms with Crippen molar-refractivity contribution in [1.82, 2.24) is 20.1 Å². The Bertz CT molecular complexity index is 899. The van der Waals surface area contributed by atoms with Gasteiger partial charge < -0.3 is 5.32 Å². The second-order valence-electron chi connectivity index (χ2n) is 6.50. The minimum absolute atomic E-state index is 0.178. The molecule has 5 nitrogen and oxygen atoms in total. The standard InChI is InChI=1S/C20H19FN4O/c21-15-7-9-17(10-8-15)25-19(14-4-3-11-22-13-14)12-18(24-25)20(26)23-16-5-1-2-6-16/h3-4,7-13,16H,1-2,5-6H2,(H,23,26). The molecule has 0 saturated heterocycles. The smallest absolute Gasteiger partial charge is 0.272 e. The summed E-state index contributed by atoms with van der Waals surface area (Å²) >= 11 is 0. The van der Waals surface area contributed by atoms with E-state index < -0.39 is 0 Å². The molecule has 4 rings (SSSR count). The first-order valence-electron chi connectivity index (χ1n) is 8.78. The first-order chi connectivity index (χ1) is 12.7. The number of aromatic nitrogens is 3. The number of hydrogen-bond acceptors (Lipinski definition) is 3. The summed E-state index contributed by atoms with van der Waals surface area (Å²) < 4.78 is 14.9. The highest BCUT2D eigenvalue weighted by Crippen LogP contribution is 2.24. The topological polar surface area (TPSA) is 59.8 Å². The summed E-state index contributed by atoms with van der Waals surface area (Å²) in [7, 11) is 0. The van der Waals surface area contributed by atoms with Crippen LogP contribution in [0.1, 0.15) is 36.2 Å². The Morgan fingerprint density at radius 1 is 1.15 bits per heavy atom. The molecule has 1 aliphatic rings. The third-order valence-corrected chi connectivity index (χ3v) is 4.66. The van der Waals surface area contributed by atoms with Gasteiger partial charge >= 0.3 is 0 Å². The molecule has 1 aliphatic carbocycles. The third-order valence-electron chi connectivity index (χ3n) is 4.66. The number of halogens is 1. The van der Waals surface area contributed by atoms with Crippen molar-refractivity contribution in [3.63, 3.8) is 0 Å². The Balaban J connectivity index is 1.72. The Kier molecular flexibility index (Phi) is 4.48. The molecular weight excluding hydrogens is 331 g/mol. The fourth-order valence-corrected chi connectivity index (χ4v) is 3.32. The lowest BCUT2D eigenvalue weighted by Crippen LogP contribution is -2.32. The van der Waals surface area contributed by atoms with Crippen LogP contribution in [0.15, 0.2) is 54.9 Å². The maximum Gasteiger partial charge on any atom is 0.272 e. The molecule has 6 heteroatoms. The molecule has 0 atom stereocenters. The van der Waals surface area contributed by atoms with Crippen molar-refractivity contribution in [3.05, 3.63) is 66.4 Å². The van der Waals surface area contributed by atoms with Gasteiger partial charge in [-0.1, -0.05) is 12.8 Å². The van der Waals surface area contributed by atoms with Crippen LogP contribution in [0.2, 0.25) is 0 Å². The van der Waals surface area contributed by atoms with Crippen LogP contribution in [0.3, 0.4) is 0 Å². The van der Waals surface area contributed by atoms with Gasteiger partial charge in [-0.2, -0.15) is 5.10 Å². The minimum Gasteiger partial charge on any atom is -0.348 e. The van der Waals surface area contributed by atoms with E-state index in [4.69, 9.17) is 0 Å². The lowest BCUT2D eigenvalue weighted by atomic mass is 10.2. The second-order valence-corrected chi connectivity index (χ2v) is 6.50. The van der Waals surface area contributed by atoms with Gasteiger partial charge in [0.15, 0.2) is 5.69 Å². The molecule has 1 N–H and O–H groups in total. The van der Waals surface area contributed by atoms with E-state index in [9.17, 15) is 9.18 Å². The Hall–Kier alpha value is -3.02. The number of rotatable bonds is 4. The molecule has 1 aromatic carbocycles. The van der Waals surface area contributed by atoms with Gasteiger partial charge in [0.25, 0.3) is 5.91 Å². The van der Waals surface area contributed by atoms with Crippen LogP contribution >= 0.6 is 0 Å². The quantitative estimate of drug-likeness (QED) is 0.780. The van der Waals surface area contributed by atoms with Gasteiger partial charge in [-0.15, -0.1) is 0 Å². The van der Waals surface area contributed by atoms with Crippen LogP contribution < -0.4 is 5.32 Å². The van der Waals surface area contributed by atoms with Crippen molar-refractivity contribution in [3.8, 4) is 16.9 Å². The Morgan fingerprint density at radius 3 is 2.62 bits per heavy atom. The van der Waals surface area contributed by atoms with Crippen molar-refractivity contribution in [2.75, 3.05) is 0 Å². The van der Waals surface area contributed by atoms with E-state index in [1.807, 2.05) is 12.1 Å². The van der Waals surface area contributed by atoms with Crippen LogP contribution in [-0.4, -0.2) is 26.7 Å². The first kappa shape index (κ1) is 16.4. The van der Waals surface area contributed by atoms with E-state index >= 15 is 0 Å². The molecule has 2 heterocycles. The van der Waals surface area contributed by atoms with Crippen molar-refractivity contribution >= 4 is 5.91 Å². The number of nitrogens with zero attached hydrogens (tertiary/aromatic N) is 3. The maximum atomic E-state index is 13.3. The predicted molar refractivity (Wildman–Crippen MR) is 96.5 cm³/mol. The zero-order valence-corrected chi connectivity index (χ0v) is 14.2. The number of amides is 1. The summed E-state index contributed by atoms with van der Waals surface area (Å²) in [5, 5.41) is 7.54. The van der Waals surface area contributed by atoms with Crippen LogP contribution in [0.4, 0.5) is 4.39 Å². The lowest BCUT2D eigenvalue weighted by Gasteiger charge is -2.10. The van der Waals surface area contributed by atoms with E-state index in [0.717, 1.165) is 36.9 Å². The molecule has 0 unspecified atom stereocenters. The third kappa shape index (κ3) is 3.35. The van der Waals surface area contributed by atoms with Crippen LogP contribution in [0, 0.1) is 5.82 Å². The van der Waals surface area contributed by atoms with Gasteiger partial charge in [-0.05, 0) is 55.3 Å². The van der Waals surface area contributed by atoms with Crippen LogP contribution in [-0.2, 0) is 0 Å². The SMILES string of the molecule is O=C(NC1CCCC1)c1cc(-c2cccnc2)n(-c2ccc(F)cc2)n1. The summed E-state index contributed by atoms with van der Waals surface area (Å²) in [4.78, 5) is 16.8. The normalized spacial score (nSPS) is 14.5. The number of pyridine rings is 1. The highest BCUT2D eigenvalue weighted by Gasteiger charge is 2.21. The average molecular weight is 350 g/mol. The van der Waals surface area contributed by atoms with Crippen molar-refractivity contribution in [1.29, 1.82) is 0 Å². The van der Waals surface area contributed by atoms with Gasteiger partial charge in [0, 0.05) is 24.0 Å². The molecule has 1 amide bonds. The average Bonchev–Trinajstić information content (AvgIpc) is 3.33. The number of benzene rings is 1. The molecule has 1 saturated carbocycles. The summed E-state index contributed by atoms with van der Waals surface area (Å²) in [5.41, 5.74) is 2.61. The van der Waals surface area contributed by atoms with Crippen molar-refractivity contribution in [2.45, 2.75) is 31.7 Å². The van der Waals surface area contributed by atoms with Gasteiger partial charge in [0.05, 0.1) is 11.4 Å². The molecule has 0 spiro atoms. The number of carbonyl (C=O) groups excluding carboxylic acids is 1. The fourth-order valence-electron chi connectivity index (χ4n) is 3.32. The van der Waals surface area contributed by atoms with E-state index in [0.29, 0.717) is 11.4 Å². The van der Waals surface area contributed by atoms with E-state index in [1.165, 1.54) is 12.1 Å². The monoisotopic (exact) mass is 350 g/mol. The molecule has 132 valence electrons. The highest BCUT2D eigenvalue weighted by atomic mass is 19.1. The van der Waals surface area contributed by atoms with Gasteiger partial charge in [0.2, 0.25) is 0 Å². The van der Waals surface area contributed by atoms with Gasteiger partial charge in [-0.3, -0.25) is 9.78 Å². The lowest BCUT2D eigenvalue weighted by molar-refractivity contribution is 0.0932. The maximum absolute atomic E-state index is 13.3. The molecular formula is C20H19FN4O. The van der Waals surface area contributed by atoms with Gasteiger partial charge in [-0.25, -0.2) is 9.07 Å². The molecule has 0 bridgehead atoms. The zero-order valence-electron chi connectivity index (χ0n) is 14.2. The molecule has 2 aromatic heterocycles. The summed E-state index contributed by atoms with van der Waals surface area (Å²) in [6.45, 7) is 0. The molecule has 1 fully saturated rings. The summed E-state index contributed by atoms with van der Waals surface area (Å²) in [6.07, 6.45) is 7.73. The molecule has 3 aromatic rings. The fraction of sp³-hybridized carbons (Fsp3) is 0.250. The van der Waals surface area contributed by atoms with Crippen molar-refractivity contribution < 1.29 is 9.18 Å². The largest absolute Gasteiger partial charge is 0.348 e. The van der Waals surface area contributed by atoms with E-state index in [1.54, 1.807) is 35.3 Å². The molecule has 26 heavy (non-hydrogen) atoms. The van der Waals surface area contributed by atoms with Crippen molar-refractivity contribution in [2.24, 2.45) is 0 Å². The zero-order chi connectivity index (χ0) is 17.9. The second kappa shape index (κ2) is 7.07. The molecule has 0 radical (unpaired) electrons. The number of nitrogens with one attached hydrogen (secondary N) is 1. The molecule has 0 aliphatic heterocycles. The first-order valence-corrected chi connectivity index (χ1v) is 8.78. The highest BCUT2D eigenvalue weighted by molar-refractivity contribution is 5.93. The minimum atomic E-state index is -0.317. The van der Waals surface area contributed by atoms with Crippen LogP contribution in [0.5, 0.6) is 0 Å². The van der Waals surface area contributed by atoms with Crippen LogP contribution in [0.25, 0.3) is 16.9 Å². The summed E-state index contributed by atoms with van der Waals surface area (Å²) in [6, 6.07) is 11.7. The van der Waals surface area contributed by atoms with E-state index in [-0.39, 0.29) is 17.8 Å². The Morgan fingerprint density at radius 2 is 1.92 bits per heavy atom. The number of hydrogen-bond donors (Lipinski definition) is 1. The van der Waals surface area contributed by atoms with Gasteiger partial charge in [0.1, 0.15) is 5.82 Å². The van der Waals surface area contributed by atoms with E-state index in [2.05, 4.69) is 15.4 Å². The Labute approximate surface area is 150 Å². The number of carbonyl (C=O) groups is 1. The summed E-state index contributed by atoms with van der Waals surface area (Å²) in [5.74, 6) is -0.495.